The fourth-order valence-electron chi connectivity index (χ4n) is 10.4. The van der Waals surface area contributed by atoms with E-state index in [1.165, 1.54) is 21.9 Å². The van der Waals surface area contributed by atoms with Gasteiger partial charge in [-0.15, -0.1) is 0 Å². The van der Waals surface area contributed by atoms with E-state index in [4.69, 9.17) is 17.2 Å². The van der Waals surface area contributed by atoms with Crippen molar-refractivity contribution >= 4 is 64.2 Å². The van der Waals surface area contributed by atoms with Crippen LogP contribution >= 0.6 is 0 Å². The van der Waals surface area contributed by atoms with Crippen LogP contribution in [0, 0.1) is 5.92 Å². The van der Waals surface area contributed by atoms with Gasteiger partial charge in [-0.3, -0.25) is 38.6 Å². The molecule has 2 fully saturated rings. The van der Waals surface area contributed by atoms with E-state index in [1.807, 2.05) is 24.3 Å². The van der Waals surface area contributed by atoms with Crippen molar-refractivity contribution in [3.63, 3.8) is 0 Å². The standard InChI is InChI=1S/C59H74N12O10/c1-35(2)50(69-51(73)42(60)33-39-34-64-43-19-10-9-18-41(39)43)57(79)71-29-13-22-49(71)54(76)65-44(20-11-27-63-59(61)62)52(74)66-45(30-38-23-25-40(72)26-24-38)53(75)67-46(31-36-14-5-3-6-15-36)56(78)70-28-12-21-48(70)55(77)68-47(58(80)81)32-37-16-7-4-8-17-37/h3-10,14-19,23-26,34-35,42,44-50,64,72H,11-13,20-22,27-33,60H2,1-2H3,(H,65,76)(H,66,74)(H,67,75)(H,68,77)(H,69,73)(H,80,81)(H4,61,62,63)/t42-,44-,45-,46-,47-,48-,49-,50-/m0/s1. The molecule has 81 heavy (non-hydrogen) atoms. The van der Waals surface area contributed by atoms with Gasteiger partial charge in [-0.1, -0.05) is 105 Å². The van der Waals surface area contributed by atoms with Crippen LogP contribution in [0.25, 0.3) is 10.9 Å². The number of guanidine groups is 1. The molecule has 0 spiro atoms. The molecule has 22 heteroatoms. The van der Waals surface area contributed by atoms with Gasteiger partial charge < -0.3 is 68.8 Å². The van der Waals surface area contributed by atoms with Crippen LogP contribution in [0.5, 0.6) is 5.75 Å². The summed E-state index contributed by atoms with van der Waals surface area (Å²) in [6, 6.07) is 21.8. The molecule has 0 aliphatic carbocycles. The number of aromatic hydroxyl groups is 1. The zero-order valence-electron chi connectivity index (χ0n) is 45.6. The minimum Gasteiger partial charge on any atom is -0.508 e. The maximum absolute atomic E-state index is 14.8. The van der Waals surface area contributed by atoms with Crippen molar-refractivity contribution in [2.75, 3.05) is 19.6 Å². The number of aromatic nitrogens is 1. The fourth-order valence-corrected chi connectivity index (χ4v) is 10.4. The molecule has 0 bridgehead atoms. The van der Waals surface area contributed by atoms with Crippen molar-refractivity contribution in [1.82, 2.24) is 41.4 Å². The molecule has 0 unspecified atom stereocenters. The molecule has 3 heterocycles. The summed E-state index contributed by atoms with van der Waals surface area (Å²) in [5, 5.41) is 35.1. The Bertz CT molecular complexity index is 3020. The van der Waals surface area contributed by atoms with E-state index in [9.17, 15) is 48.6 Å². The highest BCUT2D eigenvalue weighted by Crippen LogP contribution is 2.24. The molecular formula is C59H74N12O10. The van der Waals surface area contributed by atoms with Gasteiger partial charge in [0.05, 0.1) is 6.04 Å². The Morgan fingerprint density at radius 1 is 0.617 bits per heavy atom. The Morgan fingerprint density at radius 3 is 1.73 bits per heavy atom. The lowest BCUT2D eigenvalue weighted by atomic mass is 10.00. The molecule has 430 valence electrons. The highest BCUT2D eigenvalue weighted by molar-refractivity contribution is 5.98. The number of hydrogen-bond acceptors (Lipinski definition) is 11. The van der Waals surface area contributed by atoms with E-state index in [1.54, 1.807) is 92.8 Å². The normalized spacial score (nSPS) is 17.2. The molecular weight excluding hydrogens is 1040 g/mol. The number of carboxylic acid groups (broad SMARTS) is 1. The average Bonchev–Trinajstić information content (AvgIpc) is 4.28. The number of carbonyl (C=O) groups excluding carboxylic acids is 7. The highest BCUT2D eigenvalue weighted by Gasteiger charge is 2.42. The highest BCUT2D eigenvalue weighted by atomic mass is 16.4. The summed E-state index contributed by atoms with van der Waals surface area (Å²) in [4.78, 5) is 123. The summed E-state index contributed by atoms with van der Waals surface area (Å²) in [7, 11) is 0. The minimum atomic E-state index is -1.40. The number of nitrogens with one attached hydrogen (secondary N) is 6. The number of fused-ring (bicyclic) bond motifs is 1. The minimum absolute atomic E-state index is 0.00695. The summed E-state index contributed by atoms with van der Waals surface area (Å²) < 4.78 is 0. The van der Waals surface area contributed by atoms with Crippen LogP contribution in [0.3, 0.4) is 0 Å². The van der Waals surface area contributed by atoms with Crippen LogP contribution in [0.4, 0.5) is 0 Å². The second-order valence-corrected chi connectivity index (χ2v) is 21.1. The molecule has 7 rings (SSSR count). The molecule has 14 N–H and O–H groups in total. The largest absolute Gasteiger partial charge is 0.508 e. The Hall–Kier alpha value is -8.79. The van der Waals surface area contributed by atoms with Crippen molar-refractivity contribution in [3.05, 3.63) is 138 Å². The molecule has 2 aliphatic rings. The number of nitrogens with two attached hydrogens (primary N) is 3. The number of aromatic amines is 1. The van der Waals surface area contributed by atoms with Gasteiger partial charge in [-0.25, -0.2) is 4.79 Å². The Labute approximate surface area is 470 Å². The van der Waals surface area contributed by atoms with E-state index in [0.717, 1.165) is 16.5 Å². The van der Waals surface area contributed by atoms with Gasteiger partial charge >= 0.3 is 5.97 Å². The maximum atomic E-state index is 14.8. The summed E-state index contributed by atoms with van der Waals surface area (Å²) in [5.41, 5.74) is 21.2. The summed E-state index contributed by atoms with van der Waals surface area (Å²) in [6.07, 6.45) is 3.35. The van der Waals surface area contributed by atoms with Gasteiger partial charge in [0.25, 0.3) is 0 Å². The predicted molar refractivity (Wildman–Crippen MR) is 304 cm³/mol. The molecule has 0 saturated carbocycles. The molecule has 2 aliphatic heterocycles. The monoisotopic (exact) mass is 1110 g/mol. The fraction of sp³-hybridized carbons (Fsp3) is 0.407. The number of phenolic OH excluding ortho intramolecular Hbond substituents is 1. The number of amides is 7. The topological polar surface area (TPSA) is 350 Å². The van der Waals surface area contributed by atoms with Gasteiger partial charge in [0.15, 0.2) is 5.96 Å². The van der Waals surface area contributed by atoms with Crippen LogP contribution < -0.4 is 43.8 Å². The number of hydrogen-bond donors (Lipinski definition) is 11. The van der Waals surface area contributed by atoms with Gasteiger partial charge in [0.1, 0.15) is 48.0 Å². The smallest absolute Gasteiger partial charge is 0.326 e. The number of aliphatic carboxylic acids is 1. The van der Waals surface area contributed by atoms with Crippen molar-refractivity contribution in [2.24, 2.45) is 28.1 Å². The first-order chi connectivity index (χ1) is 38.9. The molecule has 8 atom stereocenters. The van der Waals surface area contributed by atoms with Crippen LogP contribution in [0.2, 0.25) is 0 Å². The van der Waals surface area contributed by atoms with Crippen LogP contribution in [-0.2, 0) is 64.0 Å². The Morgan fingerprint density at radius 2 is 1.14 bits per heavy atom. The predicted octanol–water partition coefficient (Wildman–Crippen LogP) is 1.67. The molecule has 1 aromatic heterocycles. The summed E-state index contributed by atoms with van der Waals surface area (Å²) >= 11 is 0. The second-order valence-electron chi connectivity index (χ2n) is 21.1. The van der Waals surface area contributed by atoms with E-state index >= 15 is 0 Å². The van der Waals surface area contributed by atoms with Gasteiger partial charge in [0, 0.05) is 56.0 Å². The van der Waals surface area contributed by atoms with Crippen LogP contribution in [0.1, 0.15) is 74.6 Å². The van der Waals surface area contributed by atoms with Gasteiger partial charge in [0.2, 0.25) is 41.4 Å². The number of rotatable bonds is 26. The lowest BCUT2D eigenvalue weighted by molar-refractivity contribution is -0.145. The first-order valence-corrected chi connectivity index (χ1v) is 27.4. The molecule has 22 nitrogen and oxygen atoms in total. The van der Waals surface area contributed by atoms with Crippen molar-refractivity contribution in [3.8, 4) is 5.75 Å². The number of likely N-dealkylation sites (tertiary alicyclic amines) is 2. The van der Waals surface area contributed by atoms with E-state index in [2.05, 4.69) is 36.6 Å². The van der Waals surface area contributed by atoms with Gasteiger partial charge in [-0.2, -0.15) is 0 Å². The number of phenols is 1. The zero-order chi connectivity index (χ0) is 58.2. The van der Waals surface area contributed by atoms with Crippen LogP contribution in [-0.4, -0.2) is 146 Å². The molecule has 2 saturated heterocycles. The molecule has 0 radical (unpaired) electrons. The van der Waals surface area contributed by atoms with E-state index in [-0.39, 0.29) is 82.7 Å². The quantitative estimate of drug-likeness (QED) is 0.0214. The number of benzene rings is 4. The number of carbonyl (C=O) groups is 8. The lowest BCUT2D eigenvalue weighted by Gasteiger charge is -2.32. The number of para-hydroxylation sites is 1. The van der Waals surface area contributed by atoms with Crippen molar-refractivity contribution in [2.45, 2.75) is 126 Å². The number of H-pyrrole nitrogens is 1. The van der Waals surface area contributed by atoms with Crippen LogP contribution in [0.15, 0.2) is 120 Å². The maximum Gasteiger partial charge on any atom is 0.326 e. The third kappa shape index (κ3) is 16.4. The second kappa shape index (κ2) is 28.4. The molecule has 5 aromatic rings. The van der Waals surface area contributed by atoms with E-state index in [0.29, 0.717) is 29.5 Å². The Balaban J connectivity index is 1.09. The number of carboxylic acids is 1. The molecule has 7 amide bonds. The lowest BCUT2D eigenvalue weighted by Crippen LogP contribution is -2.60. The molecule has 4 aromatic carbocycles. The number of aliphatic imine (C=N–C) groups is 1. The Kier molecular flexibility index (Phi) is 21.0. The summed E-state index contributed by atoms with van der Waals surface area (Å²) in [6.45, 7) is 3.95. The van der Waals surface area contributed by atoms with Crippen molar-refractivity contribution in [1.29, 1.82) is 0 Å². The summed E-state index contributed by atoms with van der Waals surface area (Å²) in [5.74, 6) is -6.43. The first kappa shape index (κ1) is 59.9. The zero-order valence-corrected chi connectivity index (χ0v) is 45.6. The van der Waals surface area contributed by atoms with E-state index < -0.39 is 102 Å². The first-order valence-electron chi connectivity index (χ1n) is 27.4. The van der Waals surface area contributed by atoms with Gasteiger partial charge in [-0.05, 0) is 91.3 Å². The average molecular weight is 1110 g/mol. The third-order valence-electron chi connectivity index (χ3n) is 14.7. The van der Waals surface area contributed by atoms with Crippen molar-refractivity contribution < 1.29 is 48.6 Å². The number of nitrogens with zero attached hydrogens (tertiary/aromatic N) is 3. The SMILES string of the molecule is CC(C)[C@H](NC(=O)[C@@H](N)Cc1c[nH]c2ccccc12)C(=O)N1CCC[C@H]1C(=O)N[C@@H](CCCN=C(N)N)C(=O)N[C@@H](Cc1ccc(O)cc1)C(=O)N[C@@H](Cc1ccccc1)C(=O)N1CCC[C@H]1C(=O)N[C@@H](Cc1ccccc1)C(=O)O. The third-order valence-corrected chi connectivity index (χ3v) is 14.7.